The predicted molar refractivity (Wildman–Crippen MR) is 137 cm³/mol. The number of aryl methyl sites for hydroxylation is 2. The Kier molecular flexibility index (Phi) is 5.40. The van der Waals surface area contributed by atoms with Crippen LogP contribution in [0, 0.1) is 19.3 Å². The molecule has 0 aliphatic carbocycles. The van der Waals surface area contributed by atoms with E-state index in [-0.39, 0.29) is 18.5 Å². The van der Waals surface area contributed by atoms with Crippen molar-refractivity contribution in [1.82, 2.24) is 19.6 Å². The largest absolute Gasteiger partial charge is 0.352 e. The molecule has 2 aromatic heterocycles. The molecule has 1 aromatic carbocycles. The number of pyridine rings is 1. The average molecular weight is 500 g/mol. The monoisotopic (exact) mass is 499 g/mol. The molecule has 0 radical (unpaired) electrons. The van der Waals surface area contributed by atoms with Crippen LogP contribution in [0.5, 0.6) is 0 Å². The van der Waals surface area contributed by atoms with E-state index < -0.39 is 29.3 Å². The van der Waals surface area contributed by atoms with E-state index in [9.17, 15) is 19.2 Å². The number of barbiturate groups is 1. The number of anilines is 1. The predicted octanol–water partition coefficient (Wildman–Crippen LogP) is 2.88. The van der Waals surface area contributed by atoms with E-state index in [1.165, 1.54) is 4.40 Å². The Hall–Kier alpha value is -4.01. The van der Waals surface area contributed by atoms with E-state index in [4.69, 9.17) is 4.98 Å². The van der Waals surface area contributed by atoms with E-state index >= 15 is 0 Å². The lowest BCUT2D eigenvalue weighted by Crippen LogP contribution is -2.72. The third kappa shape index (κ3) is 3.48. The van der Waals surface area contributed by atoms with Gasteiger partial charge >= 0.3 is 6.03 Å². The van der Waals surface area contributed by atoms with Crippen LogP contribution < -0.4 is 15.8 Å². The number of rotatable bonds is 2. The minimum absolute atomic E-state index is 0.0493. The van der Waals surface area contributed by atoms with E-state index in [2.05, 4.69) is 5.32 Å². The minimum atomic E-state index is -1.59. The van der Waals surface area contributed by atoms with Crippen LogP contribution in [0.15, 0.2) is 47.4 Å². The summed E-state index contributed by atoms with van der Waals surface area (Å²) in [4.78, 5) is 62.7. The van der Waals surface area contributed by atoms with Crippen molar-refractivity contribution in [2.45, 2.75) is 58.5 Å². The molecule has 3 aliphatic heterocycles. The maximum Gasteiger partial charge on any atom is 0.331 e. The number of nitrogens with zero attached hydrogens (tertiary/aromatic N) is 4. The number of amides is 4. The van der Waals surface area contributed by atoms with Crippen molar-refractivity contribution in [3.63, 3.8) is 0 Å². The normalized spacial score (nSPS) is 23.6. The third-order valence-electron chi connectivity index (χ3n) is 8.13. The third-order valence-corrected chi connectivity index (χ3v) is 8.13. The Morgan fingerprint density at radius 2 is 1.81 bits per heavy atom. The van der Waals surface area contributed by atoms with Crippen molar-refractivity contribution in [2.24, 2.45) is 5.41 Å². The maximum atomic E-state index is 14.3. The highest BCUT2D eigenvalue weighted by atomic mass is 16.2. The van der Waals surface area contributed by atoms with Gasteiger partial charge in [0.1, 0.15) is 11.5 Å². The van der Waals surface area contributed by atoms with Crippen LogP contribution in [-0.2, 0) is 22.6 Å². The molecule has 3 aromatic rings. The van der Waals surface area contributed by atoms with E-state index in [1.54, 1.807) is 12.3 Å². The molecule has 9 nitrogen and oxygen atoms in total. The average Bonchev–Trinajstić information content (AvgIpc) is 3.14. The lowest BCUT2D eigenvalue weighted by atomic mass is 9.68. The van der Waals surface area contributed by atoms with E-state index in [0.29, 0.717) is 30.0 Å². The fourth-order valence-corrected chi connectivity index (χ4v) is 6.16. The van der Waals surface area contributed by atoms with Crippen molar-refractivity contribution in [1.29, 1.82) is 0 Å². The Balaban J connectivity index is 1.52. The fraction of sp³-hybridized carbons (Fsp3) is 0.393. The number of urea groups is 1. The first-order chi connectivity index (χ1) is 17.8. The standard InChI is InChI=1S/C28H29N5O4/c1-17-9-11-19(12-10-17)16-33-26(36)28(25(35)30-27(33)37)15-20-23(31-13-5-3-4-8-21(28)31)29-22-18(2)7-6-14-32(22)24(20)34/h6-7,9-12,14,21H,3-5,8,13,15-16H2,1-2H3,(H,30,35,37)/t21-,28+/m0/s1. The highest BCUT2D eigenvalue weighted by molar-refractivity contribution is 6.20. The summed E-state index contributed by atoms with van der Waals surface area (Å²) in [7, 11) is 0. The molecule has 1 spiro atoms. The van der Waals surface area contributed by atoms with Gasteiger partial charge in [0, 0.05) is 19.2 Å². The molecule has 0 unspecified atom stereocenters. The number of imide groups is 2. The highest BCUT2D eigenvalue weighted by Gasteiger charge is 2.62. The second-order valence-electron chi connectivity index (χ2n) is 10.4. The molecule has 0 saturated carbocycles. The fourth-order valence-electron chi connectivity index (χ4n) is 6.16. The SMILES string of the molecule is Cc1ccc(CN2C(=O)NC(=O)[C@]3(Cc4c(nc5c(C)cccn5c4=O)N4CCCCC[C@H]43)C2=O)cc1. The zero-order valence-corrected chi connectivity index (χ0v) is 21.0. The van der Waals surface area contributed by atoms with Crippen molar-refractivity contribution in [2.75, 3.05) is 11.4 Å². The molecule has 1 N–H and O–H groups in total. The van der Waals surface area contributed by atoms with Crippen LogP contribution in [0.4, 0.5) is 10.6 Å². The number of nitrogens with one attached hydrogen (secondary N) is 1. The van der Waals surface area contributed by atoms with Gasteiger partial charge in [-0.05, 0) is 43.9 Å². The van der Waals surface area contributed by atoms with E-state index in [0.717, 1.165) is 40.9 Å². The van der Waals surface area contributed by atoms with Gasteiger partial charge in [-0.2, -0.15) is 0 Å². The summed E-state index contributed by atoms with van der Waals surface area (Å²) in [5.74, 6) is -0.614. The first kappa shape index (κ1) is 23.4. The molecule has 2 saturated heterocycles. The quantitative estimate of drug-likeness (QED) is 0.544. The van der Waals surface area contributed by atoms with Crippen LogP contribution in [-0.4, -0.2) is 44.7 Å². The molecule has 3 aliphatic rings. The van der Waals surface area contributed by atoms with Crippen LogP contribution in [0.2, 0.25) is 0 Å². The molecule has 190 valence electrons. The van der Waals surface area contributed by atoms with E-state index in [1.807, 2.05) is 49.1 Å². The first-order valence-electron chi connectivity index (χ1n) is 12.8. The molecule has 5 heterocycles. The van der Waals surface area contributed by atoms with Gasteiger partial charge in [0.2, 0.25) is 11.8 Å². The summed E-state index contributed by atoms with van der Waals surface area (Å²) in [5.41, 5.74) is 1.77. The van der Waals surface area contributed by atoms with Gasteiger partial charge in [0.15, 0.2) is 5.41 Å². The zero-order chi connectivity index (χ0) is 25.9. The number of carbonyl (C=O) groups excluding carboxylic acids is 3. The lowest BCUT2D eigenvalue weighted by Gasteiger charge is -2.50. The van der Waals surface area contributed by atoms with Gasteiger partial charge in [0.05, 0.1) is 18.2 Å². The summed E-state index contributed by atoms with van der Waals surface area (Å²) in [5, 5.41) is 2.47. The number of fused-ring (bicyclic) bond motifs is 5. The molecule has 4 amide bonds. The van der Waals surface area contributed by atoms with Crippen molar-refractivity contribution in [3.8, 4) is 0 Å². The number of aromatic nitrogens is 2. The van der Waals surface area contributed by atoms with Gasteiger partial charge in [-0.1, -0.05) is 48.7 Å². The van der Waals surface area contributed by atoms with Gasteiger partial charge < -0.3 is 4.90 Å². The lowest BCUT2D eigenvalue weighted by molar-refractivity contribution is -0.154. The minimum Gasteiger partial charge on any atom is -0.352 e. The Morgan fingerprint density at radius 1 is 1.03 bits per heavy atom. The Bertz CT molecular complexity index is 1510. The summed E-state index contributed by atoms with van der Waals surface area (Å²) < 4.78 is 1.49. The van der Waals surface area contributed by atoms with Crippen molar-refractivity contribution < 1.29 is 14.4 Å². The zero-order valence-electron chi connectivity index (χ0n) is 21.0. The number of benzene rings is 1. The number of hydrogen-bond donors (Lipinski definition) is 1. The van der Waals surface area contributed by atoms with Crippen molar-refractivity contribution >= 4 is 29.3 Å². The molecule has 6 rings (SSSR count). The smallest absolute Gasteiger partial charge is 0.331 e. The number of hydrogen-bond acceptors (Lipinski definition) is 6. The van der Waals surface area contributed by atoms with Crippen molar-refractivity contribution in [3.05, 3.63) is 75.2 Å². The highest BCUT2D eigenvalue weighted by Crippen LogP contribution is 2.46. The summed E-state index contributed by atoms with van der Waals surface area (Å²) >= 11 is 0. The van der Waals surface area contributed by atoms with Crippen LogP contribution >= 0.6 is 0 Å². The Labute approximate surface area is 214 Å². The summed E-state index contributed by atoms with van der Waals surface area (Å²) in [6, 6.07) is 10.1. The van der Waals surface area contributed by atoms with Crippen LogP contribution in [0.3, 0.4) is 0 Å². The van der Waals surface area contributed by atoms with Gasteiger partial charge in [-0.25, -0.2) is 9.78 Å². The maximum absolute atomic E-state index is 14.3. The molecule has 2 fully saturated rings. The molecular weight excluding hydrogens is 470 g/mol. The topological polar surface area (TPSA) is 104 Å². The van der Waals surface area contributed by atoms with Gasteiger partial charge in [-0.15, -0.1) is 0 Å². The number of carbonyl (C=O) groups is 3. The molecule has 37 heavy (non-hydrogen) atoms. The van der Waals surface area contributed by atoms with Crippen LogP contribution in [0.25, 0.3) is 5.65 Å². The summed E-state index contributed by atoms with van der Waals surface area (Å²) in [6.45, 7) is 4.51. The van der Waals surface area contributed by atoms with Gasteiger partial charge in [0.25, 0.3) is 5.56 Å². The Morgan fingerprint density at radius 3 is 2.59 bits per heavy atom. The molecule has 9 heteroatoms. The second kappa shape index (κ2) is 8.54. The van der Waals surface area contributed by atoms with Crippen LogP contribution in [0.1, 0.15) is 47.9 Å². The second-order valence-corrected chi connectivity index (χ2v) is 10.4. The van der Waals surface area contributed by atoms with Gasteiger partial charge in [-0.3, -0.25) is 29.0 Å². The molecule has 2 atom stereocenters. The molecule has 0 bridgehead atoms. The summed E-state index contributed by atoms with van der Waals surface area (Å²) in [6.07, 6.45) is 4.83. The first-order valence-corrected chi connectivity index (χ1v) is 12.8. The molecular formula is C28H29N5O4.